The van der Waals surface area contributed by atoms with Crippen LogP contribution in [-0.2, 0) is 10.0 Å². The maximum atomic E-state index is 11.8. The van der Waals surface area contributed by atoms with Crippen molar-refractivity contribution in [2.75, 3.05) is 17.7 Å². The van der Waals surface area contributed by atoms with Gasteiger partial charge in [-0.15, -0.1) is 0 Å². The van der Waals surface area contributed by atoms with Crippen molar-refractivity contribution < 1.29 is 8.42 Å². The number of nitrogens with one attached hydrogen (secondary N) is 2. The molecular weight excluding hydrogens is 302 g/mol. The second-order valence-corrected chi connectivity index (χ2v) is 7.68. The molecule has 1 fully saturated rings. The molecule has 1 aliphatic rings. The second-order valence-electron chi connectivity index (χ2n) is 5.81. The molecule has 0 amide bonds. The molecule has 0 aromatic carbocycles. The highest BCUT2D eigenvalue weighted by molar-refractivity contribution is 7.89. The highest BCUT2D eigenvalue weighted by Gasteiger charge is 2.35. The highest BCUT2D eigenvalue weighted by Crippen LogP contribution is 2.31. The van der Waals surface area contributed by atoms with Gasteiger partial charge in [0.15, 0.2) is 0 Å². The first-order valence-corrected chi connectivity index (χ1v) is 9.16. The van der Waals surface area contributed by atoms with E-state index in [4.69, 9.17) is 0 Å². The zero-order valence-electron chi connectivity index (χ0n) is 12.8. The molecule has 7 nitrogen and oxygen atoms in total. The fraction of sp³-hybridized carbons (Fsp3) is 0.571. The van der Waals surface area contributed by atoms with Gasteiger partial charge >= 0.3 is 0 Å². The SMILES string of the molecule is CCCS(=O)(=O)NC1CC(N(C)c2ncnc3[nH]ccc23)C1. The van der Waals surface area contributed by atoms with Crippen LogP contribution in [0, 0.1) is 0 Å². The third kappa shape index (κ3) is 2.93. The van der Waals surface area contributed by atoms with E-state index in [1.54, 1.807) is 6.33 Å². The van der Waals surface area contributed by atoms with Gasteiger partial charge in [-0.2, -0.15) is 0 Å². The first kappa shape index (κ1) is 15.2. The van der Waals surface area contributed by atoms with Crippen LogP contribution in [0.1, 0.15) is 26.2 Å². The molecule has 2 aromatic rings. The van der Waals surface area contributed by atoms with Crippen molar-refractivity contribution in [3.63, 3.8) is 0 Å². The Morgan fingerprint density at radius 2 is 2.18 bits per heavy atom. The van der Waals surface area contributed by atoms with Crippen molar-refractivity contribution >= 4 is 26.9 Å². The Morgan fingerprint density at radius 3 is 2.91 bits per heavy atom. The van der Waals surface area contributed by atoms with Crippen LogP contribution in [0.5, 0.6) is 0 Å². The molecule has 3 rings (SSSR count). The van der Waals surface area contributed by atoms with Gasteiger partial charge in [0.1, 0.15) is 17.8 Å². The first-order valence-electron chi connectivity index (χ1n) is 7.51. The number of aromatic amines is 1. The van der Waals surface area contributed by atoms with Gasteiger partial charge in [0.05, 0.1) is 11.1 Å². The molecule has 0 unspecified atom stereocenters. The van der Waals surface area contributed by atoms with Crippen molar-refractivity contribution in [3.05, 3.63) is 18.6 Å². The van der Waals surface area contributed by atoms with Gasteiger partial charge in [-0.3, -0.25) is 0 Å². The Bertz CT molecular complexity index is 751. The van der Waals surface area contributed by atoms with Gasteiger partial charge in [-0.1, -0.05) is 6.92 Å². The van der Waals surface area contributed by atoms with Crippen LogP contribution in [0.2, 0.25) is 0 Å². The molecule has 0 spiro atoms. The Hall–Kier alpha value is -1.67. The number of anilines is 1. The lowest BCUT2D eigenvalue weighted by molar-refractivity contribution is 0.316. The van der Waals surface area contributed by atoms with Crippen molar-refractivity contribution in [3.8, 4) is 0 Å². The van der Waals surface area contributed by atoms with Crippen molar-refractivity contribution in [1.82, 2.24) is 19.7 Å². The summed E-state index contributed by atoms with van der Waals surface area (Å²) in [4.78, 5) is 13.7. The summed E-state index contributed by atoms with van der Waals surface area (Å²) in [6.07, 6.45) is 5.63. The molecular formula is C14H21N5O2S. The lowest BCUT2D eigenvalue weighted by Crippen LogP contribution is -2.53. The second kappa shape index (κ2) is 5.85. The lowest BCUT2D eigenvalue weighted by Gasteiger charge is -2.41. The Balaban J connectivity index is 1.64. The minimum atomic E-state index is -3.13. The molecule has 0 radical (unpaired) electrons. The molecule has 1 aliphatic carbocycles. The van der Waals surface area contributed by atoms with Gasteiger partial charge in [0.25, 0.3) is 0 Å². The summed E-state index contributed by atoms with van der Waals surface area (Å²) in [5.74, 6) is 1.07. The first-order chi connectivity index (χ1) is 10.5. The molecule has 0 atom stereocenters. The summed E-state index contributed by atoms with van der Waals surface area (Å²) in [5, 5.41) is 0.986. The van der Waals surface area contributed by atoms with E-state index < -0.39 is 10.0 Å². The number of hydrogen-bond donors (Lipinski definition) is 2. The van der Waals surface area contributed by atoms with Crippen LogP contribution in [0.4, 0.5) is 5.82 Å². The third-order valence-corrected chi connectivity index (χ3v) is 5.79. The predicted molar refractivity (Wildman–Crippen MR) is 86.3 cm³/mol. The average Bonchev–Trinajstić information content (AvgIpc) is 2.89. The maximum Gasteiger partial charge on any atom is 0.211 e. The number of hydrogen-bond acceptors (Lipinski definition) is 5. The molecule has 1 saturated carbocycles. The van der Waals surface area contributed by atoms with E-state index in [2.05, 4.69) is 24.6 Å². The summed E-state index contributed by atoms with van der Waals surface area (Å²) in [6, 6.07) is 2.29. The molecule has 2 aromatic heterocycles. The summed E-state index contributed by atoms with van der Waals surface area (Å²) < 4.78 is 26.3. The Labute approximate surface area is 130 Å². The largest absolute Gasteiger partial charge is 0.356 e. The minimum absolute atomic E-state index is 0.0348. The maximum absolute atomic E-state index is 11.8. The summed E-state index contributed by atoms with van der Waals surface area (Å²) >= 11 is 0. The highest BCUT2D eigenvalue weighted by atomic mass is 32.2. The lowest BCUT2D eigenvalue weighted by atomic mass is 9.86. The molecule has 8 heteroatoms. The van der Waals surface area contributed by atoms with Crippen molar-refractivity contribution in [1.29, 1.82) is 0 Å². The van der Waals surface area contributed by atoms with Gasteiger partial charge in [-0.05, 0) is 25.3 Å². The van der Waals surface area contributed by atoms with Gasteiger partial charge in [0, 0.05) is 25.3 Å². The Kier molecular flexibility index (Phi) is 4.05. The van der Waals surface area contributed by atoms with Crippen molar-refractivity contribution in [2.24, 2.45) is 0 Å². The number of nitrogens with zero attached hydrogens (tertiary/aromatic N) is 3. The quantitative estimate of drug-likeness (QED) is 0.835. The average molecular weight is 323 g/mol. The predicted octanol–water partition coefficient (Wildman–Crippen LogP) is 1.25. The van der Waals surface area contributed by atoms with E-state index in [9.17, 15) is 8.42 Å². The minimum Gasteiger partial charge on any atom is -0.356 e. The molecule has 2 N–H and O–H groups in total. The van der Waals surface area contributed by atoms with Crippen molar-refractivity contribution in [2.45, 2.75) is 38.3 Å². The monoisotopic (exact) mass is 323 g/mol. The molecule has 0 bridgehead atoms. The molecule has 22 heavy (non-hydrogen) atoms. The summed E-state index contributed by atoms with van der Waals surface area (Å²) in [6.45, 7) is 1.87. The number of rotatable bonds is 6. The topological polar surface area (TPSA) is 91.0 Å². The number of aromatic nitrogens is 3. The zero-order chi connectivity index (χ0) is 15.7. The number of sulfonamides is 1. The Morgan fingerprint density at radius 1 is 1.41 bits per heavy atom. The van der Waals surface area contributed by atoms with Gasteiger partial charge in [0.2, 0.25) is 10.0 Å². The van der Waals surface area contributed by atoms with E-state index in [1.165, 1.54) is 0 Å². The molecule has 120 valence electrons. The van der Waals surface area contributed by atoms with Crippen LogP contribution < -0.4 is 9.62 Å². The van der Waals surface area contributed by atoms with Crippen LogP contribution in [0.25, 0.3) is 11.0 Å². The van der Waals surface area contributed by atoms with Crippen LogP contribution >= 0.6 is 0 Å². The van der Waals surface area contributed by atoms with Gasteiger partial charge < -0.3 is 9.88 Å². The molecule has 2 heterocycles. The number of H-pyrrole nitrogens is 1. The smallest absolute Gasteiger partial charge is 0.211 e. The van der Waals surface area contributed by atoms with E-state index in [1.807, 2.05) is 26.2 Å². The van der Waals surface area contributed by atoms with E-state index in [0.717, 1.165) is 29.7 Å². The fourth-order valence-corrected chi connectivity index (χ4v) is 4.25. The third-order valence-electron chi connectivity index (χ3n) is 4.15. The van der Waals surface area contributed by atoms with E-state index in [-0.39, 0.29) is 11.8 Å². The van der Waals surface area contributed by atoms with Crippen LogP contribution in [-0.4, -0.2) is 48.3 Å². The van der Waals surface area contributed by atoms with E-state index >= 15 is 0 Å². The van der Waals surface area contributed by atoms with Crippen LogP contribution in [0.3, 0.4) is 0 Å². The molecule has 0 aliphatic heterocycles. The fourth-order valence-electron chi connectivity index (χ4n) is 2.89. The number of fused-ring (bicyclic) bond motifs is 1. The van der Waals surface area contributed by atoms with E-state index in [0.29, 0.717) is 12.5 Å². The standard InChI is InChI=1S/C14H21N5O2S/c1-3-6-22(20,21)18-10-7-11(8-10)19(2)14-12-4-5-15-13(12)16-9-17-14/h4-5,9-11,18H,3,6-8H2,1-2H3,(H,15,16,17). The van der Waals surface area contributed by atoms with Crippen LogP contribution in [0.15, 0.2) is 18.6 Å². The summed E-state index contributed by atoms with van der Waals surface area (Å²) in [7, 11) is -1.13. The van der Waals surface area contributed by atoms with Gasteiger partial charge in [-0.25, -0.2) is 23.1 Å². The normalized spacial score (nSPS) is 21.7. The zero-order valence-corrected chi connectivity index (χ0v) is 13.6. The molecule has 0 saturated heterocycles. The summed E-state index contributed by atoms with van der Waals surface area (Å²) in [5.41, 5.74) is 0.816.